The molecule has 1 unspecified atom stereocenters. The van der Waals surface area contributed by atoms with Crippen molar-refractivity contribution in [1.82, 2.24) is 5.32 Å². The lowest BCUT2D eigenvalue weighted by atomic mass is 9.90. The van der Waals surface area contributed by atoms with Gasteiger partial charge >= 0.3 is 0 Å². The summed E-state index contributed by atoms with van der Waals surface area (Å²) in [5.41, 5.74) is 6.93. The van der Waals surface area contributed by atoms with E-state index in [9.17, 15) is 0 Å². The van der Waals surface area contributed by atoms with Gasteiger partial charge in [-0.3, -0.25) is 0 Å². The molecule has 1 aromatic carbocycles. The SMILES string of the molecule is CCCNC(c1cc(Br)sc1C)c1c(C)cc(C)cc1C. The molecule has 0 bridgehead atoms. The summed E-state index contributed by atoms with van der Waals surface area (Å²) >= 11 is 5.45. The van der Waals surface area contributed by atoms with E-state index in [1.807, 2.05) is 11.3 Å². The average molecular weight is 366 g/mol. The van der Waals surface area contributed by atoms with Crippen LogP contribution in [0, 0.1) is 27.7 Å². The topological polar surface area (TPSA) is 12.0 Å². The molecule has 1 aromatic heterocycles. The van der Waals surface area contributed by atoms with Gasteiger partial charge in [0.2, 0.25) is 0 Å². The molecule has 0 radical (unpaired) electrons. The van der Waals surface area contributed by atoms with Crippen LogP contribution in [0.1, 0.15) is 52.1 Å². The second kappa shape index (κ2) is 7.08. The molecule has 0 spiro atoms. The van der Waals surface area contributed by atoms with Crippen LogP contribution in [0.15, 0.2) is 22.0 Å². The third kappa shape index (κ3) is 3.77. The minimum Gasteiger partial charge on any atom is -0.306 e. The average Bonchev–Trinajstić information content (AvgIpc) is 2.71. The van der Waals surface area contributed by atoms with E-state index in [1.165, 1.54) is 36.5 Å². The van der Waals surface area contributed by atoms with Crippen LogP contribution in [-0.4, -0.2) is 6.54 Å². The van der Waals surface area contributed by atoms with Crippen LogP contribution in [0.2, 0.25) is 0 Å². The first-order valence-corrected chi connectivity index (χ1v) is 9.12. The number of thiophene rings is 1. The van der Waals surface area contributed by atoms with Crippen molar-refractivity contribution < 1.29 is 0 Å². The molecule has 0 aliphatic heterocycles. The zero-order chi connectivity index (χ0) is 15.6. The van der Waals surface area contributed by atoms with Crippen LogP contribution in [0.4, 0.5) is 0 Å². The summed E-state index contributed by atoms with van der Waals surface area (Å²) in [7, 11) is 0. The highest BCUT2D eigenvalue weighted by molar-refractivity contribution is 9.11. The Hall–Kier alpha value is -0.640. The summed E-state index contributed by atoms with van der Waals surface area (Å²) in [4.78, 5) is 1.38. The molecule has 2 aromatic rings. The zero-order valence-electron chi connectivity index (χ0n) is 13.5. The van der Waals surface area contributed by atoms with Gasteiger partial charge in [0.1, 0.15) is 0 Å². The molecule has 0 aliphatic rings. The zero-order valence-corrected chi connectivity index (χ0v) is 15.9. The molecule has 3 heteroatoms. The van der Waals surface area contributed by atoms with Gasteiger partial charge in [0.25, 0.3) is 0 Å². The third-order valence-electron chi connectivity index (χ3n) is 3.86. The van der Waals surface area contributed by atoms with E-state index in [0.717, 1.165) is 13.0 Å². The lowest BCUT2D eigenvalue weighted by Crippen LogP contribution is -2.25. The lowest BCUT2D eigenvalue weighted by Gasteiger charge is -2.24. The fraction of sp³-hybridized carbons (Fsp3) is 0.444. The highest BCUT2D eigenvalue weighted by atomic mass is 79.9. The van der Waals surface area contributed by atoms with Crippen molar-refractivity contribution in [2.75, 3.05) is 6.54 Å². The second-order valence-corrected chi connectivity index (χ2v) is 8.40. The van der Waals surface area contributed by atoms with Crippen LogP contribution < -0.4 is 5.32 Å². The van der Waals surface area contributed by atoms with Crippen molar-refractivity contribution in [3.05, 3.63) is 54.7 Å². The van der Waals surface area contributed by atoms with Gasteiger partial charge in [0.15, 0.2) is 0 Å². The van der Waals surface area contributed by atoms with Crippen LogP contribution >= 0.6 is 27.3 Å². The van der Waals surface area contributed by atoms with Gasteiger partial charge in [-0.25, -0.2) is 0 Å². The lowest BCUT2D eigenvalue weighted by molar-refractivity contribution is 0.593. The van der Waals surface area contributed by atoms with Gasteiger partial charge in [0.05, 0.1) is 9.83 Å². The number of hydrogen-bond donors (Lipinski definition) is 1. The number of rotatable bonds is 5. The van der Waals surface area contributed by atoms with Gasteiger partial charge < -0.3 is 5.32 Å². The highest BCUT2D eigenvalue weighted by Crippen LogP contribution is 2.36. The first-order valence-electron chi connectivity index (χ1n) is 7.51. The number of benzene rings is 1. The molecule has 0 fully saturated rings. The molecule has 0 amide bonds. The fourth-order valence-electron chi connectivity index (χ4n) is 3.05. The summed E-state index contributed by atoms with van der Waals surface area (Å²) in [6.07, 6.45) is 1.14. The summed E-state index contributed by atoms with van der Waals surface area (Å²) in [6, 6.07) is 7.14. The summed E-state index contributed by atoms with van der Waals surface area (Å²) in [5, 5.41) is 3.74. The molecule has 1 N–H and O–H groups in total. The molecule has 1 heterocycles. The van der Waals surface area contributed by atoms with Crippen LogP contribution in [0.5, 0.6) is 0 Å². The van der Waals surface area contributed by atoms with E-state index in [-0.39, 0.29) is 6.04 Å². The molecule has 2 rings (SSSR count). The Balaban J connectivity index is 2.53. The normalized spacial score (nSPS) is 12.7. The quantitative estimate of drug-likeness (QED) is 0.702. The summed E-state index contributed by atoms with van der Waals surface area (Å²) < 4.78 is 1.21. The second-order valence-electron chi connectivity index (χ2n) is 5.76. The Morgan fingerprint density at radius 2 is 1.71 bits per heavy atom. The van der Waals surface area contributed by atoms with Gasteiger partial charge in [0, 0.05) is 4.88 Å². The van der Waals surface area contributed by atoms with Crippen LogP contribution in [-0.2, 0) is 0 Å². The predicted octanol–water partition coefficient (Wildman–Crippen LogP) is 5.83. The molecule has 21 heavy (non-hydrogen) atoms. The first-order chi connectivity index (χ1) is 9.93. The fourth-order valence-corrected chi connectivity index (χ4v) is 4.80. The van der Waals surface area contributed by atoms with Crippen molar-refractivity contribution in [2.24, 2.45) is 0 Å². The number of nitrogens with one attached hydrogen (secondary N) is 1. The standard InChI is InChI=1S/C18H24BrNS/c1-6-7-20-18(15-10-16(19)21-14(15)5)17-12(3)8-11(2)9-13(17)4/h8-10,18,20H,6-7H2,1-5H3. The monoisotopic (exact) mass is 365 g/mol. The Bertz CT molecular complexity index is 607. The Morgan fingerprint density at radius 1 is 1.10 bits per heavy atom. The smallest absolute Gasteiger partial charge is 0.0704 e. The van der Waals surface area contributed by atoms with Gasteiger partial charge in [-0.1, -0.05) is 24.6 Å². The van der Waals surface area contributed by atoms with E-state index < -0.39 is 0 Å². The van der Waals surface area contributed by atoms with Gasteiger partial charge in [-0.15, -0.1) is 11.3 Å². The van der Waals surface area contributed by atoms with Crippen molar-refractivity contribution in [3.63, 3.8) is 0 Å². The minimum atomic E-state index is 0.285. The van der Waals surface area contributed by atoms with E-state index in [4.69, 9.17) is 0 Å². The predicted molar refractivity (Wildman–Crippen MR) is 97.5 cm³/mol. The molecule has 0 saturated carbocycles. The van der Waals surface area contributed by atoms with Crippen molar-refractivity contribution in [1.29, 1.82) is 0 Å². The largest absolute Gasteiger partial charge is 0.306 e. The molecule has 1 nitrogen and oxygen atoms in total. The van der Waals surface area contributed by atoms with E-state index in [2.05, 4.69) is 74.1 Å². The Labute approximate surface area is 140 Å². The Kier molecular flexibility index (Phi) is 5.64. The maximum absolute atomic E-state index is 3.74. The van der Waals surface area contributed by atoms with Gasteiger partial charge in [-0.05, 0) is 84.9 Å². The van der Waals surface area contributed by atoms with Crippen LogP contribution in [0.3, 0.4) is 0 Å². The van der Waals surface area contributed by atoms with Crippen molar-refractivity contribution >= 4 is 27.3 Å². The molecule has 0 aliphatic carbocycles. The minimum absolute atomic E-state index is 0.285. The first kappa shape index (κ1) is 16.7. The molecule has 1 atom stereocenters. The number of hydrogen-bond acceptors (Lipinski definition) is 2. The molecule has 114 valence electrons. The Morgan fingerprint density at radius 3 is 2.19 bits per heavy atom. The molecular weight excluding hydrogens is 342 g/mol. The maximum atomic E-state index is 3.74. The molecular formula is C18H24BrNS. The maximum Gasteiger partial charge on any atom is 0.0704 e. The van der Waals surface area contributed by atoms with Crippen LogP contribution in [0.25, 0.3) is 0 Å². The third-order valence-corrected chi connectivity index (χ3v) is 5.43. The van der Waals surface area contributed by atoms with E-state index >= 15 is 0 Å². The number of halogens is 1. The van der Waals surface area contributed by atoms with E-state index in [0.29, 0.717) is 0 Å². The van der Waals surface area contributed by atoms with Gasteiger partial charge in [-0.2, -0.15) is 0 Å². The number of aryl methyl sites for hydroxylation is 4. The van der Waals surface area contributed by atoms with Crippen molar-refractivity contribution in [2.45, 2.75) is 47.1 Å². The highest BCUT2D eigenvalue weighted by Gasteiger charge is 2.21. The summed E-state index contributed by atoms with van der Waals surface area (Å²) in [5.74, 6) is 0. The van der Waals surface area contributed by atoms with E-state index in [1.54, 1.807) is 0 Å². The summed E-state index contributed by atoms with van der Waals surface area (Å²) in [6.45, 7) is 12.1. The molecule has 0 saturated heterocycles. The van der Waals surface area contributed by atoms with Crippen molar-refractivity contribution in [3.8, 4) is 0 Å².